The lowest BCUT2D eigenvalue weighted by molar-refractivity contribution is -0.137. The third kappa shape index (κ3) is 7.61. The van der Waals surface area contributed by atoms with Gasteiger partial charge >= 0.3 is 0 Å². The molecule has 164 valence electrons. The molecule has 29 heavy (non-hydrogen) atoms. The summed E-state index contributed by atoms with van der Waals surface area (Å²) in [6.45, 7) is 7.32. The Morgan fingerprint density at radius 1 is 1.21 bits per heavy atom. The lowest BCUT2D eigenvalue weighted by Gasteiger charge is -2.22. The van der Waals surface area contributed by atoms with E-state index in [-0.39, 0.29) is 19.0 Å². The number of nitrogens with one attached hydrogen (secondary N) is 1. The highest BCUT2D eigenvalue weighted by Crippen LogP contribution is 2.35. The van der Waals surface area contributed by atoms with Gasteiger partial charge in [0.05, 0.1) is 25.5 Å². The summed E-state index contributed by atoms with van der Waals surface area (Å²) in [4.78, 5) is 22.4. The number of rotatable bonds is 14. The van der Waals surface area contributed by atoms with E-state index >= 15 is 0 Å². The van der Waals surface area contributed by atoms with Gasteiger partial charge < -0.3 is 29.4 Å². The van der Waals surface area contributed by atoms with E-state index in [0.717, 1.165) is 12.8 Å². The molecule has 0 aliphatic rings. The van der Waals surface area contributed by atoms with Gasteiger partial charge in [0, 0.05) is 13.2 Å². The van der Waals surface area contributed by atoms with E-state index in [9.17, 15) is 9.46 Å². The van der Waals surface area contributed by atoms with Crippen LogP contribution in [0, 0.1) is 0 Å². The van der Waals surface area contributed by atoms with E-state index in [4.69, 9.17) is 19.9 Å². The summed E-state index contributed by atoms with van der Waals surface area (Å²) < 4.78 is 30.8. The molecule has 2 heterocycles. The Morgan fingerprint density at radius 2 is 1.90 bits per heavy atom. The van der Waals surface area contributed by atoms with E-state index in [1.54, 1.807) is 17.8 Å². The fourth-order valence-corrected chi connectivity index (χ4v) is 3.50. The predicted octanol–water partition coefficient (Wildman–Crippen LogP) is 1.73. The minimum atomic E-state index is -3.71. The van der Waals surface area contributed by atoms with Gasteiger partial charge in [-0.05, 0) is 19.8 Å². The maximum atomic E-state index is 12.4. The Labute approximate surface area is 170 Å². The highest BCUT2D eigenvalue weighted by atomic mass is 31.2. The zero-order valence-electron chi connectivity index (χ0n) is 17.2. The second-order valence-electron chi connectivity index (χ2n) is 6.67. The van der Waals surface area contributed by atoms with Gasteiger partial charge in [-0.1, -0.05) is 13.8 Å². The zero-order chi connectivity index (χ0) is 21.3. The summed E-state index contributed by atoms with van der Waals surface area (Å²) >= 11 is 0. The van der Waals surface area contributed by atoms with Crippen molar-refractivity contribution in [3.8, 4) is 0 Å². The molecule has 2 unspecified atom stereocenters. The molecule has 0 amide bonds. The first kappa shape index (κ1) is 23.7. The van der Waals surface area contributed by atoms with Gasteiger partial charge in [-0.2, -0.15) is 0 Å². The molecule has 0 saturated heterocycles. The summed E-state index contributed by atoms with van der Waals surface area (Å²) in [6, 6.07) is 0. The zero-order valence-corrected chi connectivity index (χ0v) is 18.0. The van der Waals surface area contributed by atoms with Crippen LogP contribution in [-0.4, -0.2) is 62.9 Å². The summed E-state index contributed by atoms with van der Waals surface area (Å²) in [7, 11) is -3.71. The van der Waals surface area contributed by atoms with Crippen LogP contribution in [0.4, 0.5) is 5.82 Å². The topological polar surface area (TPSA) is 147 Å². The van der Waals surface area contributed by atoms with Crippen LogP contribution in [0.2, 0.25) is 0 Å². The highest BCUT2D eigenvalue weighted by molar-refractivity contribution is 7.55. The summed E-state index contributed by atoms with van der Waals surface area (Å²) in [5.41, 5.74) is 6.88. The molecule has 0 aliphatic carbocycles. The van der Waals surface area contributed by atoms with Crippen molar-refractivity contribution < 1.29 is 23.7 Å². The molecule has 0 saturated carbocycles. The minimum Gasteiger partial charge on any atom is -0.382 e. The van der Waals surface area contributed by atoms with Crippen LogP contribution >= 0.6 is 7.52 Å². The molecule has 2 atom stereocenters. The largest absolute Gasteiger partial charge is 0.382 e. The SMILES string of the molecule is CCCOC(CNP(=O)(O)COC(C)Cn1cnc2c(N)ncnc21)OCCC. The average molecular weight is 430 g/mol. The number of hydrogen-bond donors (Lipinski definition) is 3. The molecular weight excluding hydrogens is 399 g/mol. The van der Waals surface area contributed by atoms with Gasteiger partial charge in [-0.15, -0.1) is 0 Å². The number of nitrogens with two attached hydrogens (primary N) is 1. The number of ether oxygens (including phenoxy) is 3. The van der Waals surface area contributed by atoms with Gasteiger partial charge in [0.25, 0.3) is 7.52 Å². The predicted molar refractivity (Wildman–Crippen MR) is 109 cm³/mol. The normalized spacial score (nSPS) is 15.1. The molecular formula is C17H31N6O5P. The number of nitrogen functional groups attached to an aromatic ring is 1. The van der Waals surface area contributed by atoms with Crippen molar-refractivity contribution in [3.63, 3.8) is 0 Å². The van der Waals surface area contributed by atoms with Crippen molar-refractivity contribution in [2.75, 3.05) is 31.8 Å². The van der Waals surface area contributed by atoms with E-state index in [2.05, 4.69) is 20.0 Å². The van der Waals surface area contributed by atoms with Crippen LogP contribution in [0.1, 0.15) is 33.6 Å². The number of fused-ring (bicyclic) bond motifs is 1. The average Bonchev–Trinajstić information content (AvgIpc) is 3.10. The lowest BCUT2D eigenvalue weighted by Crippen LogP contribution is -2.31. The van der Waals surface area contributed by atoms with Crippen molar-refractivity contribution in [1.82, 2.24) is 24.6 Å². The second kappa shape index (κ2) is 11.5. The Kier molecular flexibility index (Phi) is 9.41. The monoisotopic (exact) mass is 430 g/mol. The molecule has 12 heteroatoms. The van der Waals surface area contributed by atoms with Crippen molar-refractivity contribution in [2.24, 2.45) is 0 Å². The highest BCUT2D eigenvalue weighted by Gasteiger charge is 2.22. The maximum Gasteiger partial charge on any atom is 0.292 e. The molecule has 0 aliphatic heterocycles. The molecule has 0 bridgehead atoms. The van der Waals surface area contributed by atoms with Crippen molar-refractivity contribution in [1.29, 1.82) is 0 Å². The number of imidazole rings is 1. The summed E-state index contributed by atoms with van der Waals surface area (Å²) in [6.07, 6.45) is 3.36. The Morgan fingerprint density at radius 3 is 2.55 bits per heavy atom. The number of hydrogen-bond acceptors (Lipinski definition) is 8. The minimum absolute atomic E-state index is 0.105. The molecule has 2 rings (SSSR count). The molecule has 0 aromatic carbocycles. The van der Waals surface area contributed by atoms with E-state index in [0.29, 0.717) is 36.7 Å². The molecule has 0 fully saturated rings. The third-order valence-electron chi connectivity index (χ3n) is 3.94. The van der Waals surface area contributed by atoms with Crippen molar-refractivity contribution in [2.45, 2.75) is 52.6 Å². The smallest absolute Gasteiger partial charge is 0.292 e. The van der Waals surface area contributed by atoms with Crippen LogP contribution in [0.5, 0.6) is 0 Å². The molecule has 11 nitrogen and oxygen atoms in total. The van der Waals surface area contributed by atoms with Gasteiger partial charge in [-0.25, -0.2) is 20.0 Å². The maximum absolute atomic E-state index is 12.4. The van der Waals surface area contributed by atoms with E-state index < -0.39 is 13.8 Å². The second-order valence-corrected chi connectivity index (χ2v) is 8.65. The van der Waals surface area contributed by atoms with Crippen LogP contribution in [0.15, 0.2) is 12.7 Å². The third-order valence-corrected chi connectivity index (χ3v) is 5.11. The van der Waals surface area contributed by atoms with E-state index in [1.165, 1.54) is 6.33 Å². The van der Waals surface area contributed by atoms with Crippen LogP contribution < -0.4 is 10.8 Å². The Hall–Kier alpha value is -1.62. The quantitative estimate of drug-likeness (QED) is 0.299. The number of nitrogens with zero attached hydrogens (tertiary/aromatic N) is 4. The van der Waals surface area contributed by atoms with Gasteiger partial charge in [0.15, 0.2) is 17.8 Å². The number of aromatic nitrogens is 4. The molecule has 2 aromatic heterocycles. The van der Waals surface area contributed by atoms with Crippen LogP contribution in [-0.2, 0) is 25.3 Å². The standard InChI is InChI=1S/C17H31N6O5P/c1-4-6-26-14(27-7-5-2)8-22-29(24,25)12-28-13(3)9-23-11-21-15-16(18)19-10-20-17(15)23/h10-11,13-14H,4-9,12H2,1-3H3,(H2,18,19,20)(H2,22,24,25). The van der Waals surface area contributed by atoms with Gasteiger partial charge in [-0.3, -0.25) is 4.57 Å². The van der Waals surface area contributed by atoms with Crippen LogP contribution in [0.3, 0.4) is 0 Å². The summed E-state index contributed by atoms with van der Waals surface area (Å²) in [5.74, 6) is 0.302. The van der Waals surface area contributed by atoms with Gasteiger partial charge in [0.2, 0.25) is 0 Å². The fourth-order valence-electron chi connectivity index (χ4n) is 2.52. The fraction of sp³-hybridized carbons (Fsp3) is 0.706. The first-order valence-electron chi connectivity index (χ1n) is 9.69. The number of anilines is 1. The molecule has 0 spiro atoms. The molecule has 2 aromatic rings. The summed E-state index contributed by atoms with van der Waals surface area (Å²) in [5, 5.41) is 2.61. The first-order chi connectivity index (χ1) is 13.9. The first-order valence-corrected chi connectivity index (χ1v) is 11.5. The van der Waals surface area contributed by atoms with Crippen LogP contribution in [0.25, 0.3) is 11.2 Å². The Bertz CT molecular complexity index is 796. The van der Waals surface area contributed by atoms with Crippen molar-refractivity contribution >= 4 is 24.5 Å². The molecule has 0 radical (unpaired) electrons. The molecule has 4 N–H and O–H groups in total. The van der Waals surface area contributed by atoms with Gasteiger partial charge in [0.1, 0.15) is 18.2 Å². The van der Waals surface area contributed by atoms with E-state index in [1.807, 2.05) is 13.8 Å². The lowest BCUT2D eigenvalue weighted by atomic mass is 10.4. The van der Waals surface area contributed by atoms with Crippen molar-refractivity contribution in [3.05, 3.63) is 12.7 Å². The Balaban J connectivity index is 1.83.